The third kappa shape index (κ3) is 3.44. The van der Waals surface area contributed by atoms with E-state index in [1.54, 1.807) is 0 Å². The molecule has 0 spiro atoms. The van der Waals surface area contributed by atoms with E-state index in [1.165, 1.54) is 24.3 Å². The van der Waals surface area contributed by atoms with Crippen LogP contribution in [0.15, 0.2) is 34.5 Å². The van der Waals surface area contributed by atoms with Gasteiger partial charge < -0.3 is 4.74 Å². The molecule has 0 N–H and O–H groups in total. The van der Waals surface area contributed by atoms with Crippen LogP contribution >= 0.6 is 11.3 Å². The molecule has 0 unspecified atom stereocenters. The van der Waals surface area contributed by atoms with Crippen LogP contribution in [0.2, 0.25) is 0 Å². The monoisotopic (exact) mass is 327 g/mol. The van der Waals surface area contributed by atoms with Crippen LogP contribution in [0.25, 0.3) is 0 Å². The second-order valence-electron chi connectivity index (χ2n) is 4.06. The zero-order valence-electron chi connectivity index (χ0n) is 10.7. The zero-order valence-corrected chi connectivity index (χ0v) is 12.3. The SMILES string of the molecule is CS(=O)(=O)c1cc([N+](=O)[O-])c(Oc2ccc(C=O)cc2)s1. The van der Waals surface area contributed by atoms with E-state index in [-0.39, 0.29) is 15.0 Å². The third-order valence-corrected chi connectivity index (χ3v) is 5.25. The lowest BCUT2D eigenvalue weighted by atomic mass is 10.2. The first-order valence-electron chi connectivity index (χ1n) is 5.52. The van der Waals surface area contributed by atoms with E-state index < -0.39 is 20.4 Å². The maximum Gasteiger partial charge on any atom is 0.324 e. The topological polar surface area (TPSA) is 104 Å². The van der Waals surface area contributed by atoms with Crippen molar-refractivity contribution in [2.45, 2.75) is 4.21 Å². The maximum absolute atomic E-state index is 11.5. The van der Waals surface area contributed by atoms with Crippen LogP contribution in [0.3, 0.4) is 0 Å². The fraction of sp³-hybridized carbons (Fsp3) is 0.0833. The normalized spacial score (nSPS) is 11.1. The molecular formula is C12H9NO6S2. The molecule has 0 saturated heterocycles. The summed E-state index contributed by atoms with van der Waals surface area (Å²) in [4.78, 5) is 20.8. The average Bonchev–Trinajstić information content (AvgIpc) is 2.84. The summed E-state index contributed by atoms with van der Waals surface area (Å²) in [6.07, 6.45) is 1.62. The molecule has 1 aromatic carbocycles. The first-order valence-corrected chi connectivity index (χ1v) is 8.23. The van der Waals surface area contributed by atoms with Crippen LogP contribution in [-0.4, -0.2) is 25.9 Å². The summed E-state index contributed by atoms with van der Waals surface area (Å²) < 4.78 is 28.1. The molecule has 2 rings (SSSR count). The van der Waals surface area contributed by atoms with Gasteiger partial charge in [0, 0.05) is 17.9 Å². The number of carbonyl (C=O) groups is 1. The molecule has 1 aromatic heterocycles. The molecular weight excluding hydrogens is 318 g/mol. The van der Waals surface area contributed by atoms with Gasteiger partial charge in [0.05, 0.1) is 4.92 Å². The highest BCUT2D eigenvalue weighted by Crippen LogP contribution is 2.41. The van der Waals surface area contributed by atoms with Crippen LogP contribution in [-0.2, 0) is 9.84 Å². The van der Waals surface area contributed by atoms with Gasteiger partial charge in [-0.25, -0.2) is 8.42 Å². The lowest BCUT2D eigenvalue weighted by molar-refractivity contribution is -0.385. The van der Waals surface area contributed by atoms with Crippen molar-refractivity contribution in [3.05, 3.63) is 46.0 Å². The number of rotatable bonds is 5. The summed E-state index contributed by atoms with van der Waals surface area (Å²) in [6, 6.07) is 6.87. The van der Waals surface area contributed by atoms with E-state index in [0.717, 1.165) is 12.3 Å². The van der Waals surface area contributed by atoms with Crippen molar-refractivity contribution in [2.75, 3.05) is 6.26 Å². The van der Waals surface area contributed by atoms with Gasteiger partial charge in [-0.2, -0.15) is 0 Å². The molecule has 0 amide bonds. The van der Waals surface area contributed by atoms with Gasteiger partial charge in [-0.3, -0.25) is 14.9 Å². The van der Waals surface area contributed by atoms with Gasteiger partial charge in [0.1, 0.15) is 16.2 Å². The number of hydrogen-bond acceptors (Lipinski definition) is 7. The van der Waals surface area contributed by atoms with Crippen molar-refractivity contribution in [3.8, 4) is 10.8 Å². The Morgan fingerprint density at radius 1 is 1.29 bits per heavy atom. The Balaban J connectivity index is 2.40. The van der Waals surface area contributed by atoms with E-state index in [4.69, 9.17) is 4.74 Å². The predicted octanol–water partition coefficient (Wildman–Crippen LogP) is 2.66. The Kier molecular flexibility index (Phi) is 4.05. The van der Waals surface area contributed by atoms with Gasteiger partial charge in [0.25, 0.3) is 5.06 Å². The van der Waals surface area contributed by atoms with Crippen LogP contribution < -0.4 is 4.74 Å². The Hall–Kier alpha value is -2.26. The molecule has 0 aliphatic rings. The fourth-order valence-electron chi connectivity index (χ4n) is 1.45. The molecule has 0 saturated carbocycles. The summed E-state index contributed by atoms with van der Waals surface area (Å²) in [5.41, 5.74) is 0.0137. The van der Waals surface area contributed by atoms with Gasteiger partial charge in [-0.1, -0.05) is 11.3 Å². The van der Waals surface area contributed by atoms with Crippen molar-refractivity contribution < 1.29 is 22.9 Å². The molecule has 0 radical (unpaired) electrons. The number of nitro groups is 1. The second kappa shape index (κ2) is 5.62. The minimum atomic E-state index is -3.55. The van der Waals surface area contributed by atoms with Crippen LogP contribution in [0.4, 0.5) is 5.69 Å². The second-order valence-corrected chi connectivity index (χ2v) is 7.31. The van der Waals surface area contributed by atoms with Crippen molar-refractivity contribution in [1.82, 2.24) is 0 Å². The van der Waals surface area contributed by atoms with E-state index >= 15 is 0 Å². The summed E-state index contributed by atoms with van der Waals surface area (Å²) in [6.45, 7) is 0. The third-order valence-electron chi connectivity index (χ3n) is 2.45. The Bertz CT molecular complexity index is 792. The molecule has 110 valence electrons. The molecule has 0 aliphatic heterocycles. The molecule has 1 heterocycles. The van der Waals surface area contributed by atoms with E-state index in [9.17, 15) is 23.3 Å². The molecule has 21 heavy (non-hydrogen) atoms. The highest BCUT2D eigenvalue weighted by atomic mass is 32.2. The maximum atomic E-state index is 11.5. The van der Waals surface area contributed by atoms with Gasteiger partial charge in [0.15, 0.2) is 9.84 Å². The van der Waals surface area contributed by atoms with E-state index in [1.807, 2.05) is 0 Å². The highest BCUT2D eigenvalue weighted by Gasteiger charge is 2.25. The van der Waals surface area contributed by atoms with E-state index in [0.29, 0.717) is 23.2 Å². The van der Waals surface area contributed by atoms with Crippen molar-refractivity contribution in [2.24, 2.45) is 0 Å². The van der Waals surface area contributed by atoms with Gasteiger partial charge in [0.2, 0.25) is 0 Å². The van der Waals surface area contributed by atoms with Crippen molar-refractivity contribution >= 4 is 33.1 Å². The Morgan fingerprint density at radius 3 is 2.38 bits per heavy atom. The molecule has 0 atom stereocenters. The number of hydrogen-bond donors (Lipinski definition) is 0. The van der Waals surface area contributed by atoms with Crippen LogP contribution in [0.5, 0.6) is 10.8 Å². The number of ether oxygens (including phenoxy) is 1. The van der Waals surface area contributed by atoms with Gasteiger partial charge >= 0.3 is 5.69 Å². The molecule has 0 fully saturated rings. The quantitative estimate of drug-likeness (QED) is 0.475. The smallest absolute Gasteiger partial charge is 0.324 e. The summed E-state index contributed by atoms with van der Waals surface area (Å²) in [7, 11) is -3.55. The molecule has 2 aromatic rings. The molecule has 0 aliphatic carbocycles. The van der Waals surface area contributed by atoms with Crippen molar-refractivity contribution in [3.63, 3.8) is 0 Å². The molecule has 9 heteroatoms. The molecule has 0 bridgehead atoms. The Labute approximate surface area is 123 Å². The summed E-state index contributed by atoms with van der Waals surface area (Å²) in [5, 5.41) is 10.8. The molecule has 7 nitrogen and oxygen atoms in total. The number of carbonyl (C=O) groups excluding carboxylic acids is 1. The average molecular weight is 327 g/mol. The number of benzene rings is 1. The number of nitrogens with zero attached hydrogens (tertiary/aromatic N) is 1. The van der Waals surface area contributed by atoms with Crippen LogP contribution in [0, 0.1) is 10.1 Å². The highest BCUT2D eigenvalue weighted by molar-refractivity contribution is 7.92. The number of sulfone groups is 1. The first kappa shape index (κ1) is 15.1. The van der Waals surface area contributed by atoms with Gasteiger partial charge in [-0.05, 0) is 24.3 Å². The lowest BCUT2D eigenvalue weighted by Gasteiger charge is -2.02. The number of aldehydes is 1. The zero-order chi connectivity index (χ0) is 15.6. The van der Waals surface area contributed by atoms with E-state index in [2.05, 4.69) is 0 Å². The largest absolute Gasteiger partial charge is 0.440 e. The van der Waals surface area contributed by atoms with Crippen molar-refractivity contribution in [1.29, 1.82) is 0 Å². The fourth-order valence-corrected chi connectivity index (χ4v) is 3.34. The first-order chi connectivity index (χ1) is 9.81. The minimum Gasteiger partial charge on any atom is -0.440 e. The predicted molar refractivity (Wildman–Crippen MR) is 76.0 cm³/mol. The minimum absolute atomic E-state index is 0.126. The Morgan fingerprint density at radius 2 is 1.90 bits per heavy atom. The standard InChI is InChI=1S/C12H9NO6S2/c1-21(17,18)11-6-10(13(15)16)12(20-11)19-9-4-2-8(7-14)3-5-9/h2-7H,1H3. The van der Waals surface area contributed by atoms with Crippen LogP contribution in [0.1, 0.15) is 10.4 Å². The summed E-state index contributed by atoms with van der Waals surface area (Å²) in [5.74, 6) is 0.269. The number of thiophene rings is 1. The lowest BCUT2D eigenvalue weighted by Crippen LogP contribution is -1.92. The van der Waals surface area contributed by atoms with Gasteiger partial charge in [-0.15, -0.1) is 0 Å². The summed E-state index contributed by atoms with van der Waals surface area (Å²) >= 11 is 0.678.